The standard InChI is InChI=1S/C16H22N2O3S/c19-13-7-2-1-5-11(13)17-15(20)12-6-3-9-18(12)16(21)14-8-4-10-22-14/h4,8,10-13,19H,1-3,5-7,9H2,(H,17,20)/t11-,12-,13-/m0/s1. The van der Waals surface area contributed by atoms with Gasteiger partial charge in [0.15, 0.2) is 0 Å². The zero-order valence-corrected chi connectivity index (χ0v) is 13.3. The van der Waals surface area contributed by atoms with Gasteiger partial charge in [0.25, 0.3) is 5.91 Å². The number of thiophene rings is 1. The number of amides is 2. The maximum atomic E-state index is 12.5. The fraction of sp³-hybridized carbons (Fsp3) is 0.625. The molecule has 0 unspecified atom stereocenters. The van der Waals surface area contributed by atoms with E-state index in [0.29, 0.717) is 17.8 Å². The van der Waals surface area contributed by atoms with Crippen molar-refractivity contribution in [2.75, 3.05) is 6.54 Å². The van der Waals surface area contributed by atoms with Gasteiger partial charge in [-0.3, -0.25) is 9.59 Å². The molecule has 1 saturated heterocycles. The van der Waals surface area contributed by atoms with Crippen molar-refractivity contribution < 1.29 is 14.7 Å². The number of carbonyl (C=O) groups is 2. The molecule has 1 aromatic heterocycles. The van der Waals surface area contributed by atoms with Gasteiger partial charge in [0.2, 0.25) is 5.91 Å². The van der Waals surface area contributed by atoms with E-state index >= 15 is 0 Å². The maximum absolute atomic E-state index is 12.5. The molecule has 2 heterocycles. The molecular weight excluding hydrogens is 300 g/mol. The Labute approximate surface area is 134 Å². The van der Waals surface area contributed by atoms with E-state index in [0.717, 1.165) is 32.1 Å². The van der Waals surface area contributed by atoms with Crippen molar-refractivity contribution in [3.8, 4) is 0 Å². The number of aliphatic hydroxyl groups is 1. The van der Waals surface area contributed by atoms with Crippen LogP contribution in [0.2, 0.25) is 0 Å². The molecule has 22 heavy (non-hydrogen) atoms. The highest BCUT2D eigenvalue weighted by atomic mass is 32.1. The van der Waals surface area contributed by atoms with Crippen LogP contribution in [0.3, 0.4) is 0 Å². The molecule has 2 aliphatic rings. The molecule has 0 radical (unpaired) electrons. The van der Waals surface area contributed by atoms with Gasteiger partial charge in [0.1, 0.15) is 6.04 Å². The lowest BCUT2D eigenvalue weighted by atomic mass is 9.92. The summed E-state index contributed by atoms with van der Waals surface area (Å²) in [6.07, 6.45) is 4.70. The summed E-state index contributed by atoms with van der Waals surface area (Å²) in [5.74, 6) is -0.176. The van der Waals surface area contributed by atoms with Gasteiger partial charge < -0.3 is 15.3 Å². The van der Waals surface area contributed by atoms with Gasteiger partial charge in [-0.2, -0.15) is 0 Å². The van der Waals surface area contributed by atoms with Crippen molar-refractivity contribution in [1.29, 1.82) is 0 Å². The molecule has 0 bridgehead atoms. The number of aliphatic hydroxyl groups excluding tert-OH is 1. The Balaban J connectivity index is 1.64. The van der Waals surface area contributed by atoms with Gasteiger partial charge in [0, 0.05) is 6.54 Å². The lowest BCUT2D eigenvalue weighted by molar-refractivity contribution is -0.126. The normalized spacial score (nSPS) is 28.6. The van der Waals surface area contributed by atoms with Crippen LogP contribution < -0.4 is 5.32 Å². The summed E-state index contributed by atoms with van der Waals surface area (Å²) in [6.45, 7) is 0.627. The fourth-order valence-electron chi connectivity index (χ4n) is 3.38. The smallest absolute Gasteiger partial charge is 0.264 e. The summed E-state index contributed by atoms with van der Waals surface area (Å²) in [7, 11) is 0. The minimum atomic E-state index is -0.458. The summed E-state index contributed by atoms with van der Waals surface area (Å²) in [6, 6.07) is 3.08. The Bertz CT molecular complexity index is 532. The first-order chi connectivity index (χ1) is 10.7. The average Bonchev–Trinajstić information content (AvgIpc) is 3.20. The molecule has 120 valence electrons. The van der Waals surface area contributed by atoms with Crippen molar-refractivity contribution in [2.45, 2.75) is 56.7 Å². The summed E-state index contributed by atoms with van der Waals surface area (Å²) in [5, 5.41) is 14.8. The SMILES string of the molecule is O=C(N[C@H]1CCCC[C@@H]1O)[C@@H]1CCCN1C(=O)c1cccs1. The average molecular weight is 322 g/mol. The van der Waals surface area contributed by atoms with Crippen LogP contribution in [0, 0.1) is 0 Å². The molecule has 0 spiro atoms. The number of nitrogens with one attached hydrogen (secondary N) is 1. The molecule has 2 N–H and O–H groups in total. The predicted octanol–water partition coefficient (Wildman–Crippen LogP) is 1.77. The third kappa shape index (κ3) is 3.17. The number of carbonyl (C=O) groups excluding carboxylic acids is 2. The van der Waals surface area contributed by atoms with Gasteiger partial charge in [-0.15, -0.1) is 11.3 Å². The van der Waals surface area contributed by atoms with Crippen LogP contribution in [-0.4, -0.2) is 46.6 Å². The van der Waals surface area contributed by atoms with E-state index in [4.69, 9.17) is 0 Å². The van der Waals surface area contributed by atoms with Crippen LogP contribution >= 0.6 is 11.3 Å². The molecule has 2 fully saturated rings. The molecular formula is C16H22N2O3S. The summed E-state index contributed by atoms with van der Waals surface area (Å²) in [5.41, 5.74) is 0. The van der Waals surface area contributed by atoms with Crippen LogP contribution in [0.25, 0.3) is 0 Å². The first-order valence-corrected chi connectivity index (χ1v) is 8.87. The zero-order chi connectivity index (χ0) is 15.5. The topological polar surface area (TPSA) is 69.6 Å². The predicted molar refractivity (Wildman–Crippen MR) is 84.8 cm³/mol. The second kappa shape index (κ2) is 6.79. The largest absolute Gasteiger partial charge is 0.391 e. The molecule has 1 aliphatic heterocycles. The fourth-order valence-corrected chi connectivity index (χ4v) is 4.06. The Morgan fingerprint density at radius 2 is 2.05 bits per heavy atom. The van der Waals surface area contributed by atoms with Crippen molar-refractivity contribution in [2.24, 2.45) is 0 Å². The van der Waals surface area contributed by atoms with Crippen LogP contribution in [0.4, 0.5) is 0 Å². The number of hydrogen-bond donors (Lipinski definition) is 2. The first-order valence-electron chi connectivity index (χ1n) is 8.00. The molecule has 5 nitrogen and oxygen atoms in total. The first kappa shape index (κ1) is 15.5. The second-order valence-corrected chi connectivity index (χ2v) is 7.05. The Morgan fingerprint density at radius 3 is 2.77 bits per heavy atom. The maximum Gasteiger partial charge on any atom is 0.264 e. The Hall–Kier alpha value is -1.40. The summed E-state index contributed by atoms with van der Waals surface area (Å²) >= 11 is 1.40. The van der Waals surface area contributed by atoms with E-state index in [9.17, 15) is 14.7 Å². The minimum Gasteiger partial charge on any atom is -0.391 e. The molecule has 2 amide bonds. The van der Waals surface area contributed by atoms with E-state index < -0.39 is 12.1 Å². The third-order valence-corrected chi connectivity index (χ3v) is 5.46. The van der Waals surface area contributed by atoms with E-state index in [-0.39, 0.29) is 17.9 Å². The third-order valence-electron chi connectivity index (χ3n) is 4.61. The summed E-state index contributed by atoms with van der Waals surface area (Å²) in [4.78, 5) is 27.4. The van der Waals surface area contributed by atoms with Crippen molar-refractivity contribution in [3.63, 3.8) is 0 Å². The number of likely N-dealkylation sites (tertiary alicyclic amines) is 1. The number of hydrogen-bond acceptors (Lipinski definition) is 4. The van der Waals surface area contributed by atoms with Crippen molar-refractivity contribution >= 4 is 23.2 Å². The molecule has 6 heteroatoms. The highest BCUT2D eigenvalue weighted by Crippen LogP contribution is 2.24. The van der Waals surface area contributed by atoms with Gasteiger partial charge in [-0.25, -0.2) is 0 Å². The van der Waals surface area contributed by atoms with Crippen molar-refractivity contribution in [1.82, 2.24) is 10.2 Å². The Kier molecular flexibility index (Phi) is 4.78. The van der Waals surface area contributed by atoms with E-state index in [1.807, 2.05) is 11.4 Å². The molecule has 3 atom stereocenters. The Morgan fingerprint density at radius 1 is 1.23 bits per heavy atom. The van der Waals surface area contributed by atoms with Crippen LogP contribution in [0.15, 0.2) is 17.5 Å². The number of nitrogens with zero attached hydrogens (tertiary/aromatic N) is 1. The van der Waals surface area contributed by atoms with Gasteiger partial charge >= 0.3 is 0 Å². The highest BCUT2D eigenvalue weighted by Gasteiger charge is 2.36. The zero-order valence-electron chi connectivity index (χ0n) is 12.5. The number of rotatable bonds is 3. The van der Waals surface area contributed by atoms with E-state index in [2.05, 4.69) is 5.32 Å². The molecule has 1 aliphatic carbocycles. The lowest BCUT2D eigenvalue weighted by Gasteiger charge is -2.31. The highest BCUT2D eigenvalue weighted by molar-refractivity contribution is 7.12. The lowest BCUT2D eigenvalue weighted by Crippen LogP contribution is -2.52. The van der Waals surface area contributed by atoms with Gasteiger partial charge in [0.05, 0.1) is 17.0 Å². The van der Waals surface area contributed by atoms with Crippen LogP contribution in [-0.2, 0) is 4.79 Å². The summed E-state index contributed by atoms with van der Waals surface area (Å²) < 4.78 is 0. The van der Waals surface area contributed by atoms with Gasteiger partial charge in [-0.1, -0.05) is 18.9 Å². The van der Waals surface area contributed by atoms with Crippen molar-refractivity contribution in [3.05, 3.63) is 22.4 Å². The minimum absolute atomic E-state index is 0.0585. The molecule has 3 rings (SSSR count). The van der Waals surface area contributed by atoms with Crippen LogP contribution in [0.5, 0.6) is 0 Å². The monoisotopic (exact) mass is 322 g/mol. The van der Waals surface area contributed by atoms with E-state index in [1.54, 1.807) is 11.0 Å². The molecule has 0 aromatic carbocycles. The van der Waals surface area contributed by atoms with Crippen LogP contribution in [0.1, 0.15) is 48.2 Å². The van der Waals surface area contributed by atoms with E-state index in [1.165, 1.54) is 11.3 Å². The molecule has 1 saturated carbocycles. The second-order valence-electron chi connectivity index (χ2n) is 6.10. The molecule has 1 aromatic rings. The van der Waals surface area contributed by atoms with Gasteiger partial charge in [-0.05, 0) is 37.1 Å². The quantitative estimate of drug-likeness (QED) is 0.891.